The van der Waals surface area contributed by atoms with Crippen molar-refractivity contribution in [3.05, 3.63) is 0 Å². The highest BCUT2D eigenvalue weighted by atomic mass is 32.2. The second kappa shape index (κ2) is 3.93. The molecular formula is C13H25NO3S. The number of hydrogen-bond donors (Lipinski definition) is 1. The van der Waals surface area contributed by atoms with Crippen LogP contribution in [0.5, 0.6) is 0 Å². The molecule has 2 unspecified atom stereocenters. The summed E-state index contributed by atoms with van der Waals surface area (Å²) >= 11 is 0. The molecular weight excluding hydrogens is 250 g/mol. The molecule has 0 radical (unpaired) electrons. The summed E-state index contributed by atoms with van der Waals surface area (Å²) in [6.45, 7) is 10.3. The summed E-state index contributed by atoms with van der Waals surface area (Å²) < 4.78 is 29.3. The van der Waals surface area contributed by atoms with Crippen molar-refractivity contribution in [2.24, 2.45) is 0 Å². The molecule has 0 aromatic heterocycles. The van der Waals surface area contributed by atoms with Gasteiger partial charge in [-0.2, -0.15) is 0 Å². The average Bonchev–Trinajstić information content (AvgIpc) is 2.46. The summed E-state index contributed by atoms with van der Waals surface area (Å²) in [6, 6.07) is 0.200. The van der Waals surface area contributed by atoms with Gasteiger partial charge in [0.05, 0.1) is 22.7 Å². The number of sulfone groups is 1. The summed E-state index contributed by atoms with van der Waals surface area (Å²) in [4.78, 5) is 0. The Morgan fingerprint density at radius 2 is 1.78 bits per heavy atom. The van der Waals surface area contributed by atoms with Crippen molar-refractivity contribution in [2.75, 3.05) is 11.5 Å². The molecule has 0 aromatic carbocycles. The fourth-order valence-electron chi connectivity index (χ4n) is 3.33. The molecule has 0 bridgehead atoms. The minimum atomic E-state index is -2.86. The molecule has 0 aromatic rings. The molecule has 0 saturated carbocycles. The van der Waals surface area contributed by atoms with Gasteiger partial charge in [0.2, 0.25) is 0 Å². The molecule has 2 fully saturated rings. The molecule has 0 aliphatic carbocycles. The van der Waals surface area contributed by atoms with E-state index in [0.717, 1.165) is 6.42 Å². The van der Waals surface area contributed by atoms with E-state index in [0.29, 0.717) is 12.2 Å². The maximum absolute atomic E-state index is 11.6. The first-order valence-electron chi connectivity index (χ1n) is 6.62. The van der Waals surface area contributed by atoms with Crippen LogP contribution in [0, 0.1) is 0 Å². The Morgan fingerprint density at radius 1 is 1.17 bits per heavy atom. The second-order valence-corrected chi connectivity index (χ2v) is 9.45. The topological polar surface area (TPSA) is 55.4 Å². The first kappa shape index (κ1) is 14.3. The van der Waals surface area contributed by atoms with Crippen molar-refractivity contribution in [1.29, 1.82) is 0 Å². The van der Waals surface area contributed by atoms with Gasteiger partial charge < -0.3 is 10.1 Å². The molecule has 4 nitrogen and oxygen atoms in total. The van der Waals surface area contributed by atoms with Crippen LogP contribution in [0.2, 0.25) is 0 Å². The summed E-state index contributed by atoms with van der Waals surface area (Å²) in [5.41, 5.74) is -0.696. The van der Waals surface area contributed by atoms with Crippen molar-refractivity contribution >= 4 is 9.84 Å². The van der Waals surface area contributed by atoms with Gasteiger partial charge in [0, 0.05) is 11.6 Å². The van der Waals surface area contributed by atoms with Gasteiger partial charge in [0.1, 0.15) is 0 Å². The van der Waals surface area contributed by atoms with E-state index in [1.165, 1.54) is 0 Å². The van der Waals surface area contributed by atoms with Crippen LogP contribution < -0.4 is 5.32 Å². The molecule has 18 heavy (non-hydrogen) atoms. The zero-order chi connectivity index (χ0) is 13.8. The maximum atomic E-state index is 11.6. The van der Waals surface area contributed by atoms with Gasteiger partial charge in [-0.3, -0.25) is 0 Å². The van der Waals surface area contributed by atoms with Gasteiger partial charge >= 0.3 is 0 Å². The van der Waals surface area contributed by atoms with Gasteiger partial charge in [-0.1, -0.05) is 0 Å². The second-order valence-electron chi connectivity index (χ2n) is 7.27. The Hall–Kier alpha value is -0.130. The zero-order valence-corrected chi connectivity index (χ0v) is 12.9. The van der Waals surface area contributed by atoms with Crippen LogP contribution in [-0.2, 0) is 14.6 Å². The monoisotopic (exact) mass is 275 g/mol. The van der Waals surface area contributed by atoms with Crippen molar-refractivity contribution in [3.8, 4) is 0 Å². The van der Waals surface area contributed by atoms with Crippen LogP contribution in [-0.4, -0.2) is 42.7 Å². The molecule has 2 aliphatic heterocycles. The first-order valence-corrected chi connectivity index (χ1v) is 8.44. The third kappa shape index (κ3) is 2.89. The standard InChI is InChI=1S/C13H25NO3S/c1-11(2)8-10(12(3,4)17-11)14-13(5)6-7-18(15,16)9-13/h10,14H,6-9H2,1-5H3. The van der Waals surface area contributed by atoms with Crippen molar-refractivity contribution < 1.29 is 13.2 Å². The quantitative estimate of drug-likeness (QED) is 0.830. The Morgan fingerprint density at radius 3 is 2.17 bits per heavy atom. The molecule has 5 heteroatoms. The summed E-state index contributed by atoms with van der Waals surface area (Å²) in [5, 5.41) is 3.55. The molecule has 0 spiro atoms. The first-order chi connectivity index (χ1) is 7.93. The molecule has 2 saturated heterocycles. The van der Waals surface area contributed by atoms with E-state index in [9.17, 15) is 8.42 Å². The Bertz CT molecular complexity index is 441. The largest absolute Gasteiger partial charge is 0.368 e. The lowest BCUT2D eigenvalue weighted by molar-refractivity contribution is -0.0713. The van der Waals surface area contributed by atoms with E-state index in [1.807, 2.05) is 6.92 Å². The van der Waals surface area contributed by atoms with E-state index in [1.54, 1.807) is 0 Å². The highest BCUT2D eigenvalue weighted by Crippen LogP contribution is 2.39. The maximum Gasteiger partial charge on any atom is 0.152 e. The third-order valence-corrected chi connectivity index (χ3v) is 6.00. The fraction of sp³-hybridized carbons (Fsp3) is 1.00. The van der Waals surface area contributed by atoms with Gasteiger partial charge in [-0.05, 0) is 47.5 Å². The van der Waals surface area contributed by atoms with E-state index in [-0.39, 0.29) is 28.5 Å². The number of ether oxygens (including phenoxy) is 1. The zero-order valence-electron chi connectivity index (χ0n) is 12.0. The van der Waals surface area contributed by atoms with Gasteiger partial charge in [-0.25, -0.2) is 8.42 Å². The van der Waals surface area contributed by atoms with Crippen molar-refractivity contribution in [3.63, 3.8) is 0 Å². The predicted molar refractivity (Wildman–Crippen MR) is 72.5 cm³/mol. The number of nitrogens with one attached hydrogen (secondary N) is 1. The van der Waals surface area contributed by atoms with Crippen LogP contribution in [0.3, 0.4) is 0 Å². The summed E-state index contributed by atoms with van der Waals surface area (Å²) in [6.07, 6.45) is 1.61. The molecule has 2 atom stereocenters. The van der Waals surface area contributed by atoms with Gasteiger partial charge in [0.15, 0.2) is 9.84 Å². The number of rotatable bonds is 2. The van der Waals surface area contributed by atoms with Crippen LogP contribution in [0.4, 0.5) is 0 Å². The van der Waals surface area contributed by atoms with E-state index in [2.05, 4.69) is 33.0 Å². The van der Waals surface area contributed by atoms with E-state index >= 15 is 0 Å². The highest BCUT2D eigenvalue weighted by molar-refractivity contribution is 7.91. The lowest BCUT2D eigenvalue weighted by Gasteiger charge is -2.34. The van der Waals surface area contributed by atoms with Crippen LogP contribution in [0.25, 0.3) is 0 Å². The molecule has 0 amide bonds. The van der Waals surface area contributed by atoms with E-state index in [4.69, 9.17) is 4.74 Å². The Labute approximate surface area is 110 Å². The summed E-state index contributed by atoms with van der Waals surface area (Å²) in [5.74, 6) is 0.543. The Kier molecular flexibility index (Phi) is 3.12. The SMILES string of the molecule is CC1(NC2CC(C)(C)OC2(C)C)CCS(=O)(=O)C1. The normalized spacial score (nSPS) is 41.1. The fourth-order valence-corrected chi connectivity index (χ4v) is 5.44. The van der Waals surface area contributed by atoms with Crippen LogP contribution in [0.1, 0.15) is 47.5 Å². The molecule has 2 aliphatic rings. The molecule has 2 rings (SSSR count). The predicted octanol–water partition coefficient (Wildman–Crippen LogP) is 1.50. The minimum absolute atomic E-state index is 0.144. The smallest absolute Gasteiger partial charge is 0.152 e. The van der Waals surface area contributed by atoms with Crippen LogP contribution in [0.15, 0.2) is 0 Å². The highest BCUT2D eigenvalue weighted by Gasteiger charge is 2.49. The lowest BCUT2D eigenvalue weighted by atomic mass is 9.90. The third-order valence-electron chi connectivity index (χ3n) is 4.10. The lowest BCUT2D eigenvalue weighted by Crippen LogP contribution is -2.54. The van der Waals surface area contributed by atoms with Gasteiger partial charge in [0.25, 0.3) is 0 Å². The molecule has 2 heterocycles. The number of hydrogen-bond acceptors (Lipinski definition) is 4. The van der Waals surface area contributed by atoms with Crippen molar-refractivity contribution in [2.45, 2.75) is 70.2 Å². The van der Waals surface area contributed by atoms with Gasteiger partial charge in [-0.15, -0.1) is 0 Å². The summed E-state index contributed by atoms with van der Waals surface area (Å²) in [7, 11) is -2.86. The molecule has 106 valence electrons. The Balaban J connectivity index is 2.11. The minimum Gasteiger partial charge on any atom is -0.368 e. The average molecular weight is 275 g/mol. The van der Waals surface area contributed by atoms with Crippen molar-refractivity contribution in [1.82, 2.24) is 5.32 Å². The van der Waals surface area contributed by atoms with E-state index < -0.39 is 9.84 Å². The van der Waals surface area contributed by atoms with Crippen LogP contribution >= 0.6 is 0 Å². The molecule has 1 N–H and O–H groups in total.